The van der Waals surface area contributed by atoms with Crippen molar-refractivity contribution in [1.82, 2.24) is 9.78 Å². The van der Waals surface area contributed by atoms with Crippen molar-refractivity contribution < 1.29 is 9.53 Å². The summed E-state index contributed by atoms with van der Waals surface area (Å²) in [6.45, 7) is 1.22. The van der Waals surface area contributed by atoms with E-state index in [0.29, 0.717) is 13.2 Å². The Kier molecular flexibility index (Phi) is 3.61. The maximum atomic E-state index is 11.2. The van der Waals surface area contributed by atoms with Crippen LogP contribution in [0.25, 0.3) is 0 Å². The number of nitrogens with zero attached hydrogens (tertiary/aromatic N) is 3. The topological polar surface area (TPSA) is 109 Å². The molecular weight excluding hydrogens is 234 g/mol. The van der Waals surface area contributed by atoms with Crippen LogP contribution < -0.4 is 11.5 Å². The number of ether oxygens (including phenoxy) is 1. The maximum absolute atomic E-state index is 11.2. The molecule has 98 valence electrons. The predicted molar refractivity (Wildman–Crippen MR) is 67.5 cm³/mol. The Hall–Kier alpha value is -1.89. The monoisotopic (exact) mass is 251 g/mol. The first-order valence-electron chi connectivity index (χ1n) is 5.78. The summed E-state index contributed by atoms with van der Waals surface area (Å²) in [6, 6.07) is -0.00199. The Labute approximate surface area is 105 Å². The lowest BCUT2D eigenvalue weighted by Gasteiger charge is -2.29. The molecule has 0 saturated carbocycles. The number of rotatable bonds is 3. The van der Waals surface area contributed by atoms with E-state index in [1.54, 1.807) is 17.9 Å². The highest BCUT2D eigenvalue weighted by Gasteiger charge is 2.27. The van der Waals surface area contributed by atoms with Gasteiger partial charge in [-0.1, -0.05) is 0 Å². The van der Waals surface area contributed by atoms with Gasteiger partial charge in [-0.2, -0.15) is 5.10 Å². The third kappa shape index (κ3) is 2.35. The minimum atomic E-state index is -0.573. The van der Waals surface area contributed by atoms with Crippen molar-refractivity contribution in [3.63, 3.8) is 0 Å². The molecule has 4 N–H and O–H groups in total. The molecule has 7 heteroatoms. The van der Waals surface area contributed by atoms with Gasteiger partial charge in [-0.15, -0.1) is 0 Å². The molecule has 1 amide bonds. The third-order valence-electron chi connectivity index (χ3n) is 3.08. The zero-order valence-corrected chi connectivity index (χ0v) is 10.2. The van der Waals surface area contributed by atoms with Crippen molar-refractivity contribution in [2.45, 2.75) is 12.5 Å². The lowest BCUT2D eigenvalue weighted by molar-refractivity contribution is 0.0385. The highest BCUT2D eigenvalue weighted by Crippen LogP contribution is 2.26. The van der Waals surface area contributed by atoms with Crippen molar-refractivity contribution in [1.29, 1.82) is 0 Å². The van der Waals surface area contributed by atoms with Crippen LogP contribution in [0.1, 0.15) is 22.8 Å². The first kappa shape index (κ1) is 12.6. The van der Waals surface area contributed by atoms with Gasteiger partial charge >= 0.3 is 0 Å². The summed E-state index contributed by atoms with van der Waals surface area (Å²) < 4.78 is 7.10. The number of hydrogen-bond acceptors (Lipinski definition) is 5. The summed E-state index contributed by atoms with van der Waals surface area (Å²) in [5.41, 5.74) is 11.1. The Morgan fingerprint density at radius 2 is 2.50 bits per heavy atom. The second kappa shape index (κ2) is 5.18. The molecule has 0 aliphatic carbocycles. The van der Waals surface area contributed by atoms with E-state index in [4.69, 9.17) is 16.2 Å². The number of carbonyl (C=O) groups is 1. The maximum Gasteiger partial charge on any atom is 0.254 e. The molecule has 2 heterocycles. The quantitative estimate of drug-likeness (QED) is 0.727. The number of aliphatic imine (C=N–C) groups is 1. The van der Waals surface area contributed by atoms with Crippen LogP contribution in [0.15, 0.2) is 11.2 Å². The largest absolute Gasteiger partial charge is 0.382 e. The Morgan fingerprint density at radius 1 is 1.72 bits per heavy atom. The van der Waals surface area contributed by atoms with E-state index in [2.05, 4.69) is 10.1 Å². The van der Waals surface area contributed by atoms with Crippen LogP contribution in [0.3, 0.4) is 0 Å². The summed E-state index contributed by atoms with van der Waals surface area (Å²) in [7, 11) is 1.73. The van der Waals surface area contributed by atoms with Crippen LogP contribution in [0.2, 0.25) is 0 Å². The number of carbonyl (C=O) groups excluding carboxylic acids is 1. The van der Waals surface area contributed by atoms with Crippen molar-refractivity contribution in [2.75, 3.05) is 26.0 Å². The molecule has 1 aromatic heterocycles. The molecule has 1 fully saturated rings. The summed E-state index contributed by atoms with van der Waals surface area (Å²) in [4.78, 5) is 15.2. The fourth-order valence-electron chi connectivity index (χ4n) is 2.14. The van der Waals surface area contributed by atoms with Crippen LogP contribution in [-0.4, -0.2) is 42.2 Å². The van der Waals surface area contributed by atoms with Gasteiger partial charge in [-0.25, -0.2) is 0 Å². The second-order valence-electron chi connectivity index (χ2n) is 4.27. The molecule has 1 saturated heterocycles. The summed E-state index contributed by atoms with van der Waals surface area (Å²) in [5, 5.41) is 4.14. The number of nitrogens with two attached hydrogens (primary N) is 2. The molecule has 0 spiro atoms. The number of nitrogen functional groups attached to an aromatic ring is 1. The van der Waals surface area contributed by atoms with Gasteiger partial charge in [0, 0.05) is 32.0 Å². The van der Waals surface area contributed by atoms with Gasteiger partial charge in [-0.3, -0.25) is 9.48 Å². The van der Waals surface area contributed by atoms with Gasteiger partial charge < -0.3 is 21.2 Å². The zero-order chi connectivity index (χ0) is 13.1. The highest BCUT2D eigenvalue weighted by atomic mass is 16.5. The average Bonchev–Trinajstić information content (AvgIpc) is 2.72. The minimum Gasteiger partial charge on any atom is -0.382 e. The lowest BCUT2D eigenvalue weighted by Crippen LogP contribution is -2.31. The smallest absolute Gasteiger partial charge is 0.254 e. The van der Waals surface area contributed by atoms with E-state index >= 15 is 0 Å². The van der Waals surface area contributed by atoms with Gasteiger partial charge in [0.1, 0.15) is 5.56 Å². The van der Waals surface area contributed by atoms with Crippen LogP contribution in [0.4, 0.5) is 5.82 Å². The van der Waals surface area contributed by atoms with Crippen molar-refractivity contribution >= 4 is 17.9 Å². The van der Waals surface area contributed by atoms with Gasteiger partial charge in [0.15, 0.2) is 5.82 Å². The van der Waals surface area contributed by atoms with E-state index < -0.39 is 5.91 Å². The minimum absolute atomic E-state index is 0.00199. The van der Waals surface area contributed by atoms with E-state index in [-0.39, 0.29) is 23.3 Å². The van der Waals surface area contributed by atoms with Crippen LogP contribution in [0, 0.1) is 5.92 Å². The van der Waals surface area contributed by atoms with Crippen molar-refractivity contribution in [3.8, 4) is 0 Å². The fourth-order valence-corrected chi connectivity index (χ4v) is 2.14. The molecule has 1 aliphatic rings. The molecule has 1 aliphatic heterocycles. The summed E-state index contributed by atoms with van der Waals surface area (Å²) >= 11 is 0. The third-order valence-corrected chi connectivity index (χ3v) is 3.08. The van der Waals surface area contributed by atoms with Gasteiger partial charge in [0.2, 0.25) is 0 Å². The van der Waals surface area contributed by atoms with E-state index in [0.717, 1.165) is 6.42 Å². The molecule has 7 nitrogen and oxygen atoms in total. The second-order valence-corrected chi connectivity index (χ2v) is 4.27. The molecule has 0 radical (unpaired) electrons. The predicted octanol–water partition coefficient (Wildman–Crippen LogP) is -0.158. The normalized spacial score (nSPS) is 24.5. The summed E-state index contributed by atoms with van der Waals surface area (Å²) in [5.74, 6) is -0.194. The first-order chi connectivity index (χ1) is 8.63. The van der Waals surface area contributed by atoms with Crippen molar-refractivity contribution in [2.24, 2.45) is 16.6 Å². The van der Waals surface area contributed by atoms with Gasteiger partial charge in [-0.05, 0) is 6.42 Å². The molecular formula is C11H17N5O2. The molecule has 0 aromatic carbocycles. The number of aromatic nitrogens is 2. The van der Waals surface area contributed by atoms with Crippen molar-refractivity contribution in [3.05, 3.63) is 11.8 Å². The Bertz CT molecular complexity index is 468. The highest BCUT2D eigenvalue weighted by molar-refractivity contribution is 5.96. The number of primary amides is 1. The van der Waals surface area contributed by atoms with Crippen LogP contribution in [-0.2, 0) is 4.74 Å². The fraction of sp³-hybridized carbons (Fsp3) is 0.545. The zero-order valence-electron chi connectivity index (χ0n) is 10.2. The molecule has 2 unspecified atom stereocenters. The first-order valence-corrected chi connectivity index (χ1v) is 5.78. The van der Waals surface area contributed by atoms with Crippen LogP contribution >= 0.6 is 0 Å². The summed E-state index contributed by atoms with van der Waals surface area (Å²) in [6.07, 6.45) is 4.33. The number of anilines is 1. The average molecular weight is 251 g/mol. The van der Waals surface area contributed by atoms with E-state index in [9.17, 15) is 4.79 Å². The standard InChI is InChI=1S/C11H17N5O2/c1-14-4-7-2-3-18-6-9(7)16-5-8(11(13)17)10(12)15-16/h4-5,7,9H,2-3,6H2,1H3,(H2,12,15)(H2,13,17). The Morgan fingerprint density at radius 3 is 3.11 bits per heavy atom. The number of amides is 1. The lowest BCUT2D eigenvalue weighted by atomic mass is 9.96. The Balaban J connectivity index is 2.28. The van der Waals surface area contributed by atoms with Gasteiger partial charge in [0.05, 0.1) is 12.6 Å². The molecule has 2 atom stereocenters. The van der Waals surface area contributed by atoms with E-state index in [1.165, 1.54) is 0 Å². The number of hydrogen-bond donors (Lipinski definition) is 2. The molecule has 2 rings (SSSR count). The van der Waals surface area contributed by atoms with Gasteiger partial charge in [0.25, 0.3) is 5.91 Å². The SMILES string of the molecule is CN=CC1CCOCC1n1cc(C(N)=O)c(N)n1. The molecule has 18 heavy (non-hydrogen) atoms. The molecule has 0 bridgehead atoms. The van der Waals surface area contributed by atoms with E-state index in [1.807, 2.05) is 6.21 Å². The van der Waals surface area contributed by atoms with Crippen LogP contribution in [0.5, 0.6) is 0 Å². The molecule has 1 aromatic rings.